The van der Waals surface area contributed by atoms with Gasteiger partial charge < -0.3 is 20.1 Å². The summed E-state index contributed by atoms with van der Waals surface area (Å²) in [5.41, 5.74) is -6.34. The number of allylic oxidation sites excluding steroid dienone is 4. The number of halogens is 2. The van der Waals surface area contributed by atoms with Gasteiger partial charge in [-0.3, -0.25) is 4.79 Å². The Kier molecular flexibility index (Phi) is 7.32. The van der Waals surface area contributed by atoms with Gasteiger partial charge in [-0.05, 0) is 98.2 Å². The summed E-state index contributed by atoms with van der Waals surface area (Å²) in [6, 6.07) is 13.4. The number of esters is 1. The molecule has 2 aromatic carbocycles. The third-order valence-corrected chi connectivity index (χ3v) is 11.9. The Morgan fingerprint density at radius 3 is 2.41 bits per heavy atom. The van der Waals surface area contributed by atoms with Crippen LogP contribution in [-0.2, 0) is 20.1 Å². The highest BCUT2D eigenvalue weighted by Gasteiger charge is 2.77. The van der Waals surface area contributed by atoms with Crippen molar-refractivity contribution in [1.29, 1.82) is 0 Å². The summed E-state index contributed by atoms with van der Waals surface area (Å²) < 4.78 is 38.9. The topological polar surface area (TPSA) is 121 Å². The molecule has 0 aromatic heterocycles. The summed E-state index contributed by atoms with van der Waals surface area (Å²) in [6.45, 7) is 3.08. The number of carboxylic acids is 1. The quantitative estimate of drug-likeness (QED) is 0.265. The van der Waals surface area contributed by atoms with Crippen molar-refractivity contribution in [1.82, 2.24) is 0 Å². The maximum Gasteiger partial charge on any atom is 0.348 e. The molecule has 0 amide bonds. The lowest BCUT2D eigenvalue weighted by Gasteiger charge is -2.62. The minimum absolute atomic E-state index is 0.00904. The van der Waals surface area contributed by atoms with Gasteiger partial charge in [-0.1, -0.05) is 25.1 Å². The van der Waals surface area contributed by atoms with Crippen LogP contribution in [0.5, 0.6) is 5.75 Å². The number of aromatic hydroxyl groups is 1. The van der Waals surface area contributed by atoms with Crippen molar-refractivity contribution in [2.75, 3.05) is 0 Å². The maximum atomic E-state index is 17.4. The first-order valence-electron chi connectivity index (χ1n) is 14.7. The van der Waals surface area contributed by atoms with Crippen molar-refractivity contribution in [3.05, 3.63) is 83.5 Å². The Bertz CT molecular complexity index is 1570. The molecule has 1 unspecified atom stereocenters. The van der Waals surface area contributed by atoms with Crippen LogP contribution in [-0.4, -0.2) is 56.6 Å². The number of ether oxygens (including phenoxy) is 1. The summed E-state index contributed by atoms with van der Waals surface area (Å²) in [4.78, 5) is 39.4. The van der Waals surface area contributed by atoms with Gasteiger partial charge in [0, 0.05) is 27.4 Å². The minimum atomic E-state index is -2.35. The molecule has 44 heavy (non-hydrogen) atoms. The average Bonchev–Trinajstić information content (AvgIpc) is 3.27. The summed E-state index contributed by atoms with van der Waals surface area (Å²) >= 11 is 1.54. The number of phenolic OH excluding ortho intramolecular Hbond substituents is 1. The molecule has 6 rings (SSSR count). The summed E-state index contributed by atoms with van der Waals surface area (Å²) in [5, 5.41) is 31.5. The van der Waals surface area contributed by atoms with Gasteiger partial charge in [0.05, 0.1) is 11.7 Å². The van der Waals surface area contributed by atoms with Crippen LogP contribution in [0.15, 0.2) is 77.2 Å². The summed E-state index contributed by atoms with van der Waals surface area (Å²) in [5.74, 6) is -3.69. The molecule has 0 aliphatic heterocycles. The number of aliphatic carboxylic acids is 1. The second kappa shape index (κ2) is 10.5. The van der Waals surface area contributed by atoms with E-state index in [4.69, 9.17) is 4.74 Å². The zero-order valence-electron chi connectivity index (χ0n) is 24.3. The predicted molar refractivity (Wildman–Crippen MR) is 159 cm³/mol. The average molecular weight is 625 g/mol. The first-order valence-corrected chi connectivity index (χ1v) is 15.7. The van der Waals surface area contributed by atoms with E-state index in [1.165, 1.54) is 19.1 Å². The van der Waals surface area contributed by atoms with Crippen LogP contribution in [0.25, 0.3) is 0 Å². The smallest absolute Gasteiger partial charge is 0.348 e. The molecule has 8 atom stereocenters. The van der Waals surface area contributed by atoms with E-state index in [2.05, 4.69) is 0 Å². The largest absolute Gasteiger partial charge is 0.508 e. The molecule has 10 heteroatoms. The fraction of sp³-hybridized carbons (Fsp3) is 0.441. The van der Waals surface area contributed by atoms with Crippen molar-refractivity contribution in [3.8, 4) is 5.75 Å². The molecule has 0 saturated heterocycles. The minimum Gasteiger partial charge on any atom is -0.508 e. The Hall–Kier alpha value is -3.50. The maximum absolute atomic E-state index is 17.4. The molecular formula is C34H34F2O7S. The Morgan fingerprint density at radius 2 is 1.75 bits per heavy atom. The lowest BCUT2D eigenvalue weighted by atomic mass is 9.44. The molecule has 0 spiro atoms. The fourth-order valence-corrected chi connectivity index (χ4v) is 9.27. The molecule has 0 heterocycles. The fourth-order valence-electron chi connectivity index (χ4n) is 8.42. The highest BCUT2D eigenvalue weighted by molar-refractivity contribution is 7.98. The van der Waals surface area contributed by atoms with Crippen LogP contribution in [0.4, 0.5) is 8.78 Å². The normalized spacial score (nSPS) is 37.4. The third-order valence-electron chi connectivity index (χ3n) is 10.8. The van der Waals surface area contributed by atoms with Crippen LogP contribution in [0.3, 0.4) is 0 Å². The number of thioether (sulfide) groups is 1. The summed E-state index contributed by atoms with van der Waals surface area (Å²) in [6.07, 6.45) is -0.297. The second-order valence-corrected chi connectivity index (χ2v) is 13.9. The lowest BCUT2D eigenvalue weighted by Crippen LogP contribution is -2.70. The molecular weight excluding hydrogens is 590 g/mol. The van der Waals surface area contributed by atoms with Gasteiger partial charge in [0.2, 0.25) is 5.60 Å². The van der Waals surface area contributed by atoms with Crippen LogP contribution in [0, 0.1) is 22.7 Å². The van der Waals surface area contributed by atoms with Gasteiger partial charge in [0.25, 0.3) is 0 Å². The molecule has 3 saturated carbocycles. The van der Waals surface area contributed by atoms with Crippen molar-refractivity contribution in [2.24, 2.45) is 22.7 Å². The molecule has 232 valence electrons. The number of hydrogen-bond donors (Lipinski definition) is 3. The van der Waals surface area contributed by atoms with E-state index in [1.54, 1.807) is 67.2 Å². The molecule has 3 N–H and O–H groups in total. The highest BCUT2D eigenvalue weighted by Crippen LogP contribution is 2.70. The van der Waals surface area contributed by atoms with Crippen molar-refractivity contribution < 1.29 is 43.2 Å². The van der Waals surface area contributed by atoms with Gasteiger partial charge in [-0.15, -0.1) is 11.8 Å². The molecule has 4 aliphatic rings. The first kappa shape index (κ1) is 30.5. The number of carbonyl (C=O) groups excluding carboxylic acids is 2. The van der Waals surface area contributed by atoms with Gasteiger partial charge in [-0.2, -0.15) is 0 Å². The van der Waals surface area contributed by atoms with Crippen LogP contribution < -0.4 is 0 Å². The molecule has 2 aromatic rings. The number of aliphatic hydroxyl groups is 1. The van der Waals surface area contributed by atoms with Gasteiger partial charge in [-0.25, -0.2) is 18.4 Å². The standard InChI is InChI=1S/C34H34F2O7S/c1-31-13-11-22(38)15-26(31)27(35)16-25-24-12-14-33(30(41)42,32(24,2)17-28(39)34(25,31)36)43-29(40)20-5-3-19(4-6-20)18-44-23-9-7-21(37)8-10-23/h3-11,13,15,24-25,27-28,37,39H,12,14,16-18H2,1-2H3,(H,41,42)/t24-,25-,27-,28-,31-,32-,33+,34?/m0/s1. The van der Waals surface area contributed by atoms with Crippen molar-refractivity contribution >= 4 is 29.5 Å². The summed E-state index contributed by atoms with van der Waals surface area (Å²) in [7, 11) is 0. The van der Waals surface area contributed by atoms with E-state index in [1.807, 2.05) is 0 Å². The Labute approximate surface area is 258 Å². The number of alkyl halides is 2. The SMILES string of the molecule is C[C@]12C=CC(=O)C=C1[C@@H](F)C[C@H]1[C@@H]3CC[C@@](OC(=O)c4ccc(CSc5ccc(O)cc5)cc4)(C(=O)O)[C@@]3(C)C[C@H](O)C12F. The zero-order chi connectivity index (χ0) is 31.7. The zero-order valence-corrected chi connectivity index (χ0v) is 25.2. The van der Waals surface area contributed by atoms with Crippen LogP contribution in [0.2, 0.25) is 0 Å². The number of carboxylic acid groups (broad SMARTS) is 1. The van der Waals surface area contributed by atoms with E-state index in [0.717, 1.165) is 16.5 Å². The number of phenols is 1. The molecule has 0 bridgehead atoms. The van der Waals surface area contributed by atoms with Crippen LogP contribution in [0.1, 0.15) is 55.5 Å². The van der Waals surface area contributed by atoms with Crippen molar-refractivity contribution in [2.45, 2.75) is 73.7 Å². The van der Waals surface area contributed by atoms with Crippen LogP contribution >= 0.6 is 11.8 Å². The van der Waals surface area contributed by atoms with Gasteiger partial charge in [0.15, 0.2) is 11.5 Å². The number of ketones is 1. The number of aliphatic hydroxyl groups excluding tert-OH is 1. The number of hydrogen-bond acceptors (Lipinski definition) is 7. The first-order chi connectivity index (χ1) is 20.7. The molecule has 4 aliphatic carbocycles. The highest BCUT2D eigenvalue weighted by atomic mass is 32.2. The van der Waals surface area contributed by atoms with Crippen molar-refractivity contribution in [3.63, 3.8) is 0 Å². The number of rotatable bonds is 6. The van der Waals surface area contributed by atoms with E-state index in [-0.39, 0.29) is 42.6 Å². The van der Waals surface area contributed by atoms with E-state index < -0.39 is 63.9 Å². The number of carbonyl (C=O) groups is 3. The molecule has 3 fully saturated rings. The Morgan fingerprint density at radius 1 is 1.07 bits per heavy atom. The predicted octanol–water partition coefficient (Wildman–Crippen LogP) is 5.98. The van der Waals surface area contributed by atoms with E-state index in [0.29, 0.717) is 5.75 Å². The lowest BCUT2D eigenvalue weighted by molar-refractivity contribution is -0.226. The number of fused-ring (bicyclic) bond motifs is 5. The molecule has 7 nitrogen and oxygen atoms in total. The Balaban J connectivity index is 1.25. The van der Waals surface area contributed by atoms with Gasteiger partial charge >= 0.3 is 11.9 Å². The van der Waals surface area contributed by atoms with E-state index >= 15 is 8.78 Å². The monoisotopic (exact) mass is 624 g/mol. The number of benzene rings is 2. The molecule has 0 radical (unpaired) electrons. The second-order valence-electron chi connectivity index (χ2n) is 12.9. The van der Waals surface area contributed by atoms with E-state index in [9.17, 15) is 29.7 Å². The van der Waals surface area contributed by atoms with Gasteiger partial charge in [0.1, 0.15) is 11.9 Å². The third kappa shape index (κ3) is 4.35.